The molecule has 160 valence electrons. The van der Waals surface area contributed by atoms with Gasteiger partial charge in [-0.1, -0.05) is 72.4 Å². The number of aromatic nitrogens is 2. The van der Waals surface area contributed by atoms with Crippen LogP contribution < -0.4 is 14.8 Å². The van der Waals surface area contributed by atoms with E-state index in [0.717, 1.165) is 38.4 Å². The van der Waals surface area contributed by atoms with Gasteiger partial charge in [0.2, 0.25) is 12.7 Å². The van der Waals surface area contributed by atoms with Gasteiger partial charge in [-0.3, -0.25) is 4.79 Å². The zero-order valence-electron chi connectivity index (χ0n) is 17.4. The van der Waals surface area contributed by atoms with Crippen molar-refractivity contribution in [3.05, 3.63) is 78.4 Å². The van der Waals surface area contributed by atoms with Gasteiger partial charge >= 0.3 is 0 Å². The lowest BCUT2D eigenvalue weighted by Gasteiger charge is -2.15. The fourth-order valence-electron chi connectivity index (χ4n) is 3.68. The van der Waals surface area contributed by atoms with E-state index in [4.69, 9.17) is 9.47 Å². The largest absolute Gasteiger partial charge is 0.454 e. The minimum Gasteiger partial charge on any atom is -0.454 e. The predicted molar refractivity (Wildman–Crippen MR) is 125 cm³/mol. The number of fused-ring (bicyclic) bond motifs is 2. The van der Waals surface area contributed by atoms with Gasteiger partial charge in [-0.2, -0.15) is 0 Å². The maximum absolute atomic E-state index is 12.6. The molecular weight excluding hydrogens is 422 g/mol. The summed E-state index contributed by atoms with van der Waals surface area (Å²) in [6.07, 6.45) is 0. The molecule has 3 aromatic carbocycles. The lowest BCUT2D eigenvalue weighted by Crippen LogP contribution is -2.28. The number of hydrogen-bond donors (Lipinski definition) is 1. The van der Waals surface area contributed by atoms with Crippen LogP contribution in [0.1, 0.15) is 18.5 Å². The SMILES string of the molecule is C[C@@H](NC(=O)CSc1nnc(-c2ccccc2)c2ccccc12)c1ccc2c(c1)OCO2. The van der Waals surface area contributed by atoms with E-state index in [1.54, 1.807) is 0 Å². The molecule has 0 saturated carbocycles. The van der Waals surface area contributed by atoms with Crippen molar-refractivity contribution in [1.82, 2.24) is 15.5 Å². The van der Waals surface area contributed by atoms with Crippen LogP contribution in [0, 0.1) is 0 Å². The molecule has 32 heavy (non-hydrogen) atoms. The molecule has 4 aromatic rings. The number of thioether (sulfide) groups is 1. The fraction of sp³-hybridized carbons (Fsp3) is 0.160. The van der Waals surface area contributed by atoms with Crippen LogP contribution >= 0.6 is 11.8 Å². The zero-order chi connectivity index (χ0) is 21.9. The van der Waals surface area contributed by atoms with Crippen molar-refractivity contribution in [2.24, 2.45) is 0 Å². The van der Waals surface area contributed by atoms with Gasteiger partial charge < -0.3 is 14.8 Å². The van der Waals surface area contributed by atoms with Crippen molar-refractivity contribution in [3.63, 3.8) is 0 Å². The average molecular weight is 444 g/mol. The van der Waals surface area contributed by atoms with E-state index in [1.165, 1.54) is 11.8 Å². The van der Waals surface area contributed by atoms with Crippen LogP contribution in [0.2, 0.25) is 0 Å². The second-order valence-corrected chi connectivity index (χ2v) is 8.42. The number of nitrogens with one attached hydrogen (secondary N) is 1. The van der Waals surface area contributed by atoms with Crippen LogP contribution in [-0.4, -0.2) is 28.7 Å². The van der Waals surface area contributed by atoms with Gasteiger partial charge in [0.05, 0.1) is 11.8 Å². The highest BCUT2D eigenvalue weighted by atomic mass is 32.2. The average Bonchev–Trinajstić information content (AvgIpc) is 3.31. The Kier molecular flexibility index (Phi) is 5.64. The third-order valence-corrected chi connectivity index (χ3v) is 6.30. The van der Waals surface area contributed by atoms with E-state index in [1.807, 2.05) is 79.7 Å². The predicted octanol–water partition coefficient (Wildman–Crippen LogP) is 5.00. The first kappa shape index (κ1) is 20.3. The number of carbonyl (C=O) groups excluding carboxylic acids is 1. The molecule has 0 aliphatic carbocycles. The van der Waals surface area contributed by atoms with Crippen LogP contribution in [0.4, 0.5) is 0 Å². The molecule has 6 nitrogen and oxygen atoms in total. The first-order valence-corrected chi connectivity index (χ1v) is 11.3. The molecule has 0 spiro atoms. The minimum absolute atomic E-state index is 0.0711. The van der Waals surface area contributed by atoms with E-state index in [9.17, 15) is 4.79 Å². The Balaban J connectivity index is 1.29. The molecule has 0 radical (unpaired) electrons. The summed E-state index contributed by atoms with van der Waals surface area (Å²) < 4.78 is 10.8. The zero-order valence-corrected chi connectivity index (χ0v) is 18.3. The van der Waals surface area contributed by atoms with E-state index in [-0.39, 0.29) is 24.5 Å². The van der Waals surface area contributed by atoms with Crippen molar-refractivity contribution in [2.45, 2.75) is 18.0 Å². The summed E-state index contributed by atoms with van der Waals surface area (Å²) in [5.74, 6) is 1.61. The van der Waals surface area contributed by atoms with Gasteiger partial charge in [-0.15, -0.1) is 10.2 Å². The molecule has 5 rings (SSSR count). The number of ether oxygens (including phenoxy) is 2. The third kappa shape index (κ3) is 4.11. The number of hydrogen-bond acceptors (Lipinski definition) is 6. The van der Waals surface area contributed by atoms with Gasteiger partial charge in [-0.25, -0.2) is 0 Å². The van der Waals surface area contributed by atoms with E-state index in [0.29, 0.717) is 5.75 Å². The Labute approximate surface area is 190 Å². The fourth-order valence-corrected chi connectivity index (χ4v) is 4.46. The first-order chi connectivity index (χ1) is 15.7. The normalized spacial score (nSPS) is 13.2. The van der Waals surface area contributed by atoms with Crippen LogP contribution in [0.15, 0.2) is 77.8 Å². The Bertz CT molecular complexity index is 1280. The smallest absolute Gasteiger partial charge is 0.231 e. The van der Waals surface area contributed by atoms with E-state index < -0.39 is 0 Å². The maximum atomic E-state index is 12.6. The molecule has 1 N–H and O–H groups in total. The molecule has 7 heteroatoms. The molecule has 0 bridgehead atoms. The van der Waals surface area contributed by atoms with Gasteiger partial charge in [-0.05, 0) is 24.6 Å². The Morgan fingerprint density at radius 2 is 1.72 bits per heavy atom. The molecule has 1 aliphatic rings. The van der Waals surface area contributed by atoms with E-state index >= 15 is 0 Å². The highest BCUT2D eigenvalue weighted by Gasteiger charge is 2.18. The van der Waals surface area contributed by atoms with Crippen molar-refractivity contribution >= 4 is 28.4 Å². The third-order valence-electron chi connectivity index (χ3n) is 5.31. The van der Waals surface area contributed by atoms with Gasteiger partial charge in [0, 0.05) is 16.3 Å². The summed E-state index contributed by atoms with van der Waals surface area (Å²) in [6, 6.07) is 23.6. The molecule has 0 fully saturated rings. The number of carbonyl (C=O) groups is 1. The van der Waals surface area contributed by atoms with Gasteiger partial charge in [0.25, 0.3) is 0 Å². The molecular formula is C25H21N3O3S. The Morgan fingerprint density at radius 3 is 2.56 bits per heavy atom. The lowest BCUT2D eigenvalue weighted by atomic mass is 10.1. The van der Waals surface area contributed by atoms with Crippen molar-refractivity contribution in [3.8, 4) is 22.8 Å². The molecule has 1 amide bonds. The summed E-state index contributed by atoms with van der Waals surface area (Å²) in [5, 5.41) is 14.7. The number of rotatable bonds is 6. The van der Waals surface area contributed by atoms with Gasteiger partial charge in [0.1, 0.15) is 10.7 Å². The monoisotopic (exact) mass is 443 g/mol. The number of nitrogens with zero attached hydrogens (tertiary/aromatic N) is 2. The van der Waals surface area contributed by atoms with Crippen LogP contribution in [-0.2, 0) is 4.79 Å². The van der Waals surface area contributed by atoms with Gasteiger partial charge in [0.15, 0.2) is 11.5 Å². The highest BCUT2D eigenvalue weighted by Crippen LogP contribution is 2.34. The topological polar surface area (TPSA) is 73.3 Å². The second kappa shape index (κ2) is 8.88. The van der Waals surface area contributed by atoms with Crippen LogP contribution in [0.5, 0.6) is 11.5 Å². The van der Waals surface area contributed by atoms with Crippen molar-refractivity contribution < 1.29 is 14.3 Å². The molecule has 0 unspecified atom stereocenters. The quantitative estimate of drug-likeness (QED) is 0.423. The standard InChI is InChI=1S/C25H21N3O3S/c1-16(18-11-12-21-22(13-18)31-15-30-21)26-23(29)14-32-25-20-10-6-5-9-19(20)24(27-28-25)17-7-3-2-4-8-17/h2-13,16H,14-15H2,1H3,(H,26,29)/t16-/m1/s1. The molecule has 2 heterocycles. The second-order valence-electron chi connectivity index (χ2n) is 7.46. The summed E-state index contributed by atoms with van der Waals surface area (Å²) in [4.78, 5) is 12.6. The number of amides is 1. The van der Waals surface area contributed by atoms with Crippen LogP contribution in [0.3, 0.4) is 0 Å². The molecule has 1 atom stereocenters. The minimum atomic E-state index is -0.152. The first-order valence-electron chi connectivity index (χ1n) is 10.3. The molecule has 1 aliphatic heterocycles. The summed E-state index contributed by atoms with van der Waals surface area (Å²) in [6.45, 7) is 2.18. The summed E-state index contributed by atoms with van der Waals surface area (Å²) >= 11 is 1.39. The summed E-state index contributed by atoms with van der Waals surface area (Å²) in [5.41, 5.74) is 2.82. The van der Waals surface area contributed by atoms with E-state index in [2.05, 4.69) is 15.5 Å². The molecule has 1 aromatic heterocycles. The maximum Gasteiger partial charge on any atom is 0.231 e. The molecule has 0 saturated heterocycles. The van der Waals surface area contributed by atoms with Crippen molar-refractivity contribution in [2.75, 3.05) is 12.5 Å². The highest BCUT2D eigenvalue weighted by molar-refractivity contribution is 8.00. The lowest BCUT2D eigenvalue weighted by molar-refractivity contribution is -0.119. The van der Waals surface area contributed by atoms with Crippen LogP contribution in [0.25, 0.3) is 22.0 Å². The van der Waals surface area contributed by atoms with Crippen molar-refractivity contribution in [1.29, 1.82) is 0 Å². The number of benzene rings is 3. The Hall–Kier alpha value is -3.58. The summed E-state index contributed by atoms with van der Waals surface area (Å²) in [7, 11) is 0. The Morgan fingerprint density at radius 1 is 0.969 bits per heavy atom.